The van der Waals surface area contributed by atoms with Gasteiger partial charge < -0.3 is 23.7 Å². The molecule has 0 amide bonds. The second-order valence-electron chi connectivity index (χ2n) is 7.29. The molecule has 0 aliphatic carbocycles. The lowest BCUT2D eigenvalue weighted by Crippen LogP contribution is -2.28. The summed E-state index contributed by atoms with van der Waals surface area (Å²) in [6.07, 6.45) is 0. The van der Waals surface area contributed by atoms with Crippen molar-refractivity contribution in [2.75, 3.05) is 41.6 Å². The van der Waals surface area contributed by atoms with E-state index >= 15 is 0 Å². The van der Waals surface area contributed by atoms with Gasteiger partial charge in [-0.1, -0.05) is 0 Å². The highest BCUT2D eigenvalue weighted by Crippen LogP contribution is 2.32. The van der Waals surface area contributed by atoms with Gasteiger partial charge in [0.25, 0.3) is 0 Å². The molecule has 0 spiro atoms. The minimum Gasteiger partial charge on any atom is -0.497 e. The Morgan fingerprint density at radius 1 is 0.833 bits per heavy atom. The lowest BCUT2D eigenvalue weighted by atomic mass is 10.2. The lowest BCUT2D eigenvalue weighted by Gasteiger charge is -2.12. The van der Waals surface area contributed by atoms with E-state index in [9.17, 15) is 8.42 Å². The monoisotopic (exact) mass is 515 g/mol. The molecule has 13 heteroatoms. The van der Waals surface area contributed by atoms with Crippen LogP contribution in [0, 0.1) is 0 Å². The van der Waals surface area contributed by atoms with Crippen molar-refractivity contribution in [3.63, 3.8) is 0 Å². The maximum Gasteiger partial charge on any atom is 0.244 e. The number of benzene rings is 2. The minimum atomic E-state index is -3.85. The first-order valence-corrected chi connectivity index (χ1v) is 12.2. The lowest BCUT2D eigenvalue weighted by molar-refractivity contribution is 0.305. The number of nitrogens with zero attached hydrogens (tertiary/aromatic N) is 4. The number of fused-ring (bicyclic) bond motifs is 1. The maximum atomic E-state index is 12.7. The fourth-order valence-corrected chi connectivity index (χ4v) is 4.57. The summed E-state index contributed by atoms with van der Waals surface area (Å²) in [6, 6.07) is 13.1. The Bertz CT molecular complexity index is 1470. The average Bonchev–Trinajstić information content (AvgIpc) is 3.33. The van der Waals surface area contributed by atoms with Crippen LogP contribution in [-0.4, -0.2) is 69.8 Å². The predicted octanol–water partition coefficient (Wildman–Crippen LogP) is 2.18. The molecule has 0 atom stereocenters. The zero-order valence-electron chi connectivity index (χ0n) is 20.1. The molecule has 36 heavy (non-hydrogen) atoms. The second kappa shape index (κ2) is 10.7. The Hall–Kier alpha value is -4.10. The van der Waals surface area contributed by atoms with Crippen LogP contribution in [0.1, 0.15) is 0 Å². The summed E-state index contributed by atoms with van der Waals surface area (Å²) in [7, 11) is 2.15. The van der Waals surface area contributed by atoms with Gasteiger partial charge in [-0.2, -0.15) is 4.52 Å². The van der Waals surface area contributed by atoms with Crippen molar-refractivity contribution in [3.05, 3.63) is 48.5 Å². The van der Waals surface area contributed by atoms with Crippen molar-refractivity contribution >= 4 is 15.7 Å². The number of nitrogens with one attached hydrogen (secondary N) is 1. The van der Waals surface area contributed by atoms with E-state index in [1.54, 1.807) is 50.6 Å². The van der Waals surface area contributed by atoms with E-state index in [0.29, 0.717) is 34.3 Å². The first kappa shape index (κ1) is 25.0. The molecule has 2 aromatic heterocycles. The third-order valence-electron chi connectivity index (χ3n) is 5.19. The first-order chi connectivity index (χ1) is 17.4. The third-order valence-corrected chi connectivity index (χ3v) is 6.69. The van der Waals surface area contributed by atoms with Gasteiger partial charge in [0.2, 0.25) is 15.9 Å². The topological polar surface area (TPSA) is 135 Å². The first-order valence-electron chi connectivity index (χ1n) is 10.7. The van der Waals surface area contributed by atoms with E-state index in [0.717, 1.165) is 0 Å². The fraction of sp³-hybridized carbons (Fsp3) is 0.261. The normalized spacial score (nSPS) is 11.3. The Morgan fingerprint density at radius 2 is 1.56 bits per heavy atom. The molecule has 0 aliphatic heterocycles. The average molecular weight is 516 g/mol. The van der Waals surface area contributed by atoms with Gasteiger partial charge in [-0.05, 0) is 36.4 Å². The number of methoxy groups -OCH3 is 4. The van der Waals surface area contributed by atoms with Crippen molar-refractivity contribution in [3.8, 4) is 40.3 Å². The van der Waals surface area contributed by atoms with Crippen molar-refractivity contribution in [2.45, 2.75) is 4.90 Å². The maximum absolute atomic E-state index is 12.7. The summed E-state index contributed by atoms with van der Waals surface area (Å²) in [6.45, 7) is 0.0200. The molecular weight excluding hydrogens is 490 g/mol. The van der Waals surface area contributed by atoms with Crippen LogP contribution in [0.15, 0.2) is 53.4 Å². The van der Waals surface area contributed by atoms with Crippen LogP contribution in [0.25, 0.3) is 17.0 Å². The zero-order valence-corrected chi connectivity index (χ0v) is 20.9. The van der Waals surface area contributed by atoms with E-state index < -0.39 is 10.0 Å². The number of hydrogen-bond donors (Lipinski definition) is 1. The van der Waals surface area contributed by atoms with Crippen molar-refractivity contribution in [1.29, 1.82) is 0 Å². The Balaban J connectivity index is 1.48. The molecule has 0 fully saturated rings. The van der Waals surface area contributed by atoms with Gasteiger partial charge >= 0.3 is 0 Å². The highest BCUT2D eigenvalue weighted by atomic mass is 32.2. The molecule has 1 N–H and O–H groups in total. The van der Waals surface area contributed by atoms with Gasteiger partial charge in [0.15, 0.2) is 11.5 Å². The van der Waals surface area contributed by atoms with Crippen LogP contribution >= 0.6 is 0 Å². The van der Waals surface area contributed by atoms with Crippen LogP contribution in [0.5, 0.6) is 28.9 Å². The minimum absolute atomic E-state index is 0.00399. The van der Waals surface area contributed by atoms with E-state index in [1.165, 1.54) is 30.9 Å². The van der Waals surface area contributed by atoms with Gasteiger partial charge in [0.1, 0.15) is 34.5 Å². The third kappa shape index (κ3) is 5.11. The van der Waals surface area contributed by atoms with Crippen LogP contribution in [0.3, 0.4) is 0 Å². The van der Waals surface area contributed by atoms with E-state index in [2.05, 4.69) is 20.0 Å². The molecule has 0 radical (unpaired) electrons. The number of sulfonamides is 1. The van der Waals surface area contributed by atoms with Gasteiger partial charge in [0.05, 0.1) is 34.0 Å². The Kier molecular flexibility index (Phi) is 7.41. The predicted molar refractivity (Wildman–Crippen MR) is 130 cm³/mol. The van der Waals surface area contributed by atoms with Gasteiger partial charge in [0, 0.05) is 18.7 Å². The molecule has 0 saturated heterocycles. The summed E-state index contributed by atoms with van der Waals surface area (Å²) in [5.41, 5.74) is 1.13. The van der Waals surface area contributed by atoms with Crippen molar-refractivity contribution in [2.24, 2.45) is 0 Å². The SMILES string of the molecule is COc1ccc(S(=O)(=O)NCCOc2ccc3nnc(-c4cc(OC)ccc4OC)n3n2)c(OC)c1. The second-order valence-corrected chi connectivity index (χ2v) is 9.03. The van der Waals surface area contributed by atoms with Crippen LogP contribution in [0.2, 0.25) is 0 Å². The summed E-state index contributed by atoms with van der Waals surface area (Å²) < 4.78 is 56.2. The van der Waals surface area contributed by atoms with Crippen LogP contribution < -0.4 is 28.4 Å². The molecule has 12 nitrogen and oxygen atoms in total. The van der Waals surface area contributed by atoms with Crippen LogP contribution in [-0.2, 0) is 10.0 Å². The number of rotatable bonds is 11. The highest BCUT2D eigenvalue weighted by molar-refractivity contribution is 7.89. The number of hydrogen-bond acceptors (Lipinski definition) is 10. The van der Waals surface area contributed by atoms with Gasteiger partial charge in [-0.15, -0.1) is 15.3 Å². The molecule has 4 rings (SSSR count). The highest BCUT2D eigenvalue weighted by Gasteiger charge is 2.20. The largest absolute Gasteiger partial charge is 0.497 e. The summed E-state index contributed by atoms with van der Waals surface area (Å²) >= 11 is 0. The van der Waals surface area contributed by atoms with Crippen LogP contribution in [0.4, 0.5) is 0 Å². The molecular formula is C23H25N5O7S. The van der Waals surface area contributed by atoms with Crippen molar-refractivity contribution < 1.29 is 32.1 Å². The van der Waals surface area contributed by atoms with Crippen molar-refractivity contribution in [1.82, 2.24) is 24.5 Å². The Morgan fingerprint density at radius 3 is 2.28 bits per heavy atom. The smallest absolute Gasteiger partial charge is 0.244 e. The summed E-state index contributed by atoms with van der Waals surface area (Å²) in [4.78, 5) is -0.00767. The molecule has 0 unspecified atom stereocenters. The molecule has 2 aromatic carbocycles. The molecule has 4 aromatic rings. The fourth-order valence-electron chi connectivity index (χ4n) is 3.41. The van der Waals surface area contributed by atoms with E-state index in [4.69, 9.17) is 23.7 Å². The molecule has 0 saturated carbocycles. The zero-order chi connectivity index (χ0) is 25.7. The quantitative estimate of drug-likeness (QED) is 0.296. The molecule has 190 valence electrons. The van der Waals surface area contributed by atoms with Gasteiger partial charge in [-0.3, -0.25) is 0 Å². The standard InChI is InChI=1S/C23H25N5O7S/c1-31-15-5-7-18(33-3)17(13-15)23-26-25-21-9-10-22(27-28(21)23)35-12-11-24-36(29,30)20-8-6-16(32-2)14-19(20)34-4/h5-10,13-14,24H,11-12H2,1-4H3. The number of aromatic nitrogens is 4. The van der Waals surface area contributed by atoms with E-state index in [1.807, 2.05) is 0 Å². The molecule has 0 bridgehead atoms. The van der Waals surface area contributed by atoms with Gasteiger partial charge in [-0.25, -0.2) is 13.1 Å². The Labute approximate surface area is 207 Å². The molecule has 2 heterocycles. The summed E-state index contributed by atoms with van der Waals surface area (Å²) in [5.74, 6) is 2.53. The summed E-state index contributed by atoms with van der Waals surface area (Å²) in [5, 5.41) is 12.8. The number of ether oxygens (including phenoxy) is 5. The molecule has 0 aliphatic rings. The van der Waals surface area contributed by atoms with E-state index in [-0.39, 0.29) is 29.7 Å².